The van der Waals surface area contributed by atoms with Crippen LogP contribution >= 0.6 is 39.9 Å². The number of piperidine rings is 1. The number of rotatable bonds is 4. The van der Waals surface area contributed by atoms with Crippen molar-refractivity contribution in [3.05, 3.63) is 53.1 Å². The lowest BCUT2D eigenvalue weighted by molar-refractivity contribution is 0.466. The number of nitrogens with zero attached hydrogens (tertiary/aromatic N) is 3. The van der Waals surface area contributed by atoms with Crippen LogP contribution < -0.4 is 15.5 Å². The molecule has 150 valence electrons. The van der Waals surface area contributed by atoms with E-state index in [-0.39, 0.29) is 0 Å². The second-order valence-electron chi connectivity index (χ2n) is 6.99. The van der Waals surface area contributed by atoms with Gasteiger partial charge in [0.1, 0.15) is 0 Å². The number of thiocarbonyl (C=S) groups is 1. The first kappa shape index (κ1) is 20.4. The van der Waals surface area contributed by atoms with Crippen LogP contribution in [0.2, 0.25) is 0 Å². The highest BCUT2D eigenvalue weighted by Gasteiger charge is 2.22. The third-order valence-electron chi connectivity index (χ3n) is 5.06. The number of halogens is 1. The molecule has 1 aromatic heterocycles. The first-order chi connectivity index (χ1) is 14.1. The highest BCUT2D eigenvalue weighted by molar-refractivity contribution is 9.10. The molecular formula is C21H22BrN5S2. The average Bonchev–Trinajstić information content (AvgIpc) is 2.74. The summed E-state index contributed by atoms with van der Waals surface area (Å²) in [6.45, 7) is 1.84. The summed E-state index contributed by atoms with van der Waals surface area (Å²) in [4.78, 5) is 3.53. The van der Waals surface area contributed by atoms with Crippen molar-refractivity contribution in [2.24, 2.45) is 0 Å². The largest absolute Gasteiger partial charge is 0.360 e. The van der Waals surface area contributed by atoms with Crippen LogP contribution in [0.15, 0.2) is 58.0 Å². The van der Waals surface area contributed by atoms with Gasteiger partial charge in [0, 0.05) is 45.0 Å². The topological polar surface area (TPSA) is 53.1 Å². The smallest absolute Gasteiger partial charge is 0.170 e. The molecule has 1 fully saturated rings. The predicted octanol–water partition coefficient (Wildman–Crippen LogP) is 5.07. The van der Waals surface area contributed by atoms with Crippen LogP contribution in [0, 0.1) is 0 Å². The summed E-state index contributed by atoms with van der Waals surface area (Å²) in [5.41, 5.74) is 1.02. The molecule has 0 bridgehead atoms. The Balaban J connectivity index is 1.36. The molecule has 1 saturated heterocycles. The maximum Gasteiger partial charge on any atom is 0.170 e. The van der Waals surface area contributed by atoms with Crippen molar-refractivity contribution in [3.63, 3.8) is 0 Å². The van der Waals surface area contributed by atoms with E-state index in [1.165, 1.54) is 4.90 Å². The second kappa shape index (κ2) is 9.28. The van der Waals surface area contributed by atoms with Gasteiger partial charge in [-0.3, -0.25) is 0 Å². The molecule has 0 atom stereocenters. The molecule has 0 saturated carbocycles. The molecular weight excluding hydrogens is 466 g/mol. The highest BCUT2D eigenvalue weighted by atomic mass is 79.9. The molecule has 2 aromatic carbocycles. The Labute approximate surface area is 188 Å². The molecule has 8 heteroatoms. The molecule has 0 aliphatic carbocycles. The van der Waals surface area contributed by atoms with E-state index in [9.17, 15) is 0 Å². The Morgan fingerprint density at radius 1 is 1.21 bits per heavy atom. The summed E-state index contributed by atoms with van der Waals surface area (Å²) in [6, 6.07) is 14.9. The van der Waals surface area contributed by atoms with E-state index >= 15 is 0 Å². The standard InChI is InChI=1S/C21H22BrN5S2/c1-29-18-4-2-3-17(12-18)25-21(28)24-16-7-9-27(10-8-16)20-19-11-15(22)6-5-14(19)13-23-26-20/h2-6,11-13,16H,7-10H2,1H3,(H2,24,25,28). The number of anilines is 2. The number of aromatic nitrogens is 2. The zero-order valence-corrected chi connectivity index (χ0v) is 19.3. The van der Waals surface area contributed by atoms with Gasteiger partial charge in [-0.1, -0.05) is 28.1 Å². The van der Waals surface area contributed by atoms with E-state index in [1.807, 2.05) is 24.4 Å². The molecule has 2 N–H and O–H groups in total. The molecule has 3 aromatic rings. The monoisotopic (exact) mass is 487 g/mol. The van der Waals surface area contributed by atoms with E-state index in [0.717, 1.165) is 52.7 Å². The van der Waals surface area contributed by atoms with Gasteiger partial charge in [-0.25, -0.2) is 0 Å². The van der Waals surface area contributed by atoms with E-state index in [2.05, 4.69) is 72.2 Å². The third kappa shape index (κ3) is 4.99. The number of hydrogen-bond donors (Lipinski definition) is 2. The summed E-state index contributed by atoms with van der Waals surface area (Å²) in [5.74, 6) is 0.955. The Hall–Kier alpha value is -1.90. The van der Waals surface area contributed by atoms with Gasteiger partial charge in [-0.2, -0.15) is 5.10 Å². The van der Waals surface area contributed by atoms with Crippen molar-refractivity contribution in [1.82, 2.24) is 15.5 Å². The fraction of sp³-hybridized carbons (Fsp3) is 0.286. The van der Waals surface area contributed by atoms with Crippen molar-refractivity contribution in [3.8, 4) is 0 Å². The molecule has 29 heavy (non-hydrogen) atoms. The lowest BCUT2D eigenvalue weighted by Gasteiger charge is -2.34. The SMILES string of the molecule is CSc1cccc(NC(=S)NC2CCN(c3nncc4ccc(Br)cc34)CC2)c1. The highest BCUT2D eigenvalue weighted by Crippen LogP contribution is 2.28. The molecule has 5 nitrogen and oxygen atoms in total. The summed E-state index contributed by atoms with van der Waals surface area (Å²) >= 11 is 10.8. The normalized spacial score (nSPS) is 14.8. The number of hydrogen-bond acceptors (Lipinski definition) is 5. The van der Waals surface area contributed by atoms with Crippen molar-refractivity contribution in [2.75, 3.05) is 29.6 Å². The van der Waals surface area contributed by atoms with Gasteiger partial charge in [0.05, 0.1) is 6.20 Å². The maximum atomic E-state index is 5.53. The summed E-state index contributed by atoms with van der Waals surface area (Å²) < 4.78 is 1.05. The lowest BCUT2D eigenvalue weighted by Crippen LogP contribution is -2.46. The molecule has 1 aliphatic rings. The van der Waals surface area contributed by atoms with Gasteiger partial charge in [-0.05, 0) is 61.6 Å². The summed E-state index contributed by atoms with van der Waals surface area (Å²) in [5, 5.41) is 18.3. The van der Waals surface area contributed by atoms with E-state index in [4.69, 9.17) is 12.2 Å². The van der Waals surface area contributed by atoms with Crippen LogP contribution in [0.5, 0.6) is 0 Å². The average molecular weight is 488 g/mol. The quantitative estimate of drug-likeness (QED) is 0.393. The molecule has 4 rings (SSSR count). The molecule has 1 aliphatic heterocycles. The van der Waals surface area contributed by atoms with Crippen molar-refractivity contribution >= 4 is 67.3 Å². The summed E-state index contributed by atoms with van der Waals surface area (Å²) in [6.07, 6.45) is 5.88. The molecule has 0 amide bonds. The first-order valence-electron chi connectivity index (χ1n) is 9.50. The van der Waals surface area contributed by atoms with Crippen molar-refractivity contribution < 1.29 is 0 Å². The minimum atomic E-state index is 0.352. The Kier molecular flexibility index (Phi) is 6.52. The van der Waals surface area contributed by atoms with Crippen LogP contribution in [-0.2, 0) is 0 Å². The number of thioether (sulfide) groups is 1. The molecule has 0 unspecified atom stereocenters. The van der Waals surface area contributed by atoms with Crippen LogP contribution in [0.1, 0.15) is 12.8 Å². The zero-order valence-electron chi connectivity index (χ0n) is 16.1. The van der Waals surface area contributed by atoms with Gasteiger partial charge in [0.25, 0.3) is 0 Å². The molecule has 0 radical (unpaired) electrons. The fourth-order valence-electron chi connectivity index (χ4n) is 3.56. The number of fused-ring (bicyclic) bond motifs is 1. The van der Waals surface area contributed by atoms with E-state index < -0.39 is 0 Å². The predicted molar refractivity (Wildman–Crippen MR) is 130 cm³/mol. The van der Waals surface area contributed by atoms with E-state index in [1.54, 1.807) is 11.8 Å². The maximum absolute atomic E-state index is 5.53. The Morgan fingerprint density at radius 2 is 2.03 bits per heavy atom. The summed E-state index contributed by atoms with van der Waals surface area (Å²) in [7, 11) is 0. The number of nitrogens with one attached hydrogen (secondary N) is 2. The minimum absolute atomic E-state index is 0.352. The second-order valence-corrected chi connectivity index (χ2v) is 9.20. The van der Waals surface area contributed by atoms with Crippen molar-refractivity contribution in [2.45, 2.75) is 23.8 Å². The molecule has 0 spiro atoms. The van der Waals surface area contributed by atoms with Crippen LogP contribution in [0.4, 0.5) is 11.5 Å². The molecule has 2 heterocycles. The zero-order chi connectivity index (χ0) is 20.2. The lowest BCUT2D eigenvalue weighted by atomic mass is 10.0. The van der Waals surface area contributed by atoms with Crippen LogP contribution in [0.25, 0.3) is 10.8 Å². The van der Waals surface area contributed by atoms with Gasteiger partial charge in [-0.15, -0.1) is 16.9 Å². The van der Waals surface area contributed by atoms with Crippen molar-refractivity contribution in [1.29, 1.82) is 0 Å². The first-order valence-corrected chi connectivity index (χ1v) is 11.9. The fourth-order valence-corrected chi connectivity index (χ4v) is 4.66. The van der Waals surface area contributed by atoms with Gasteiger partial charge >= 0.3 is 0 Å². The Bertz CT molecular complexity index is 1020. The van der Waals surface area contributed by atoms with Crippen LogP contribution in [0.3, 0.4) is 0 Å². The van der Waals surface area contributed by atoms with Gasteiger partial charge < -0.3 is 15.5 Å². The number of benzene rings is 2. The third-order valence-corrected chi connectivity index (χ3v) is 6.50. The van der Waals surface area contributed by atoms with Crippen LogP contribution in [-0.4, -0.2) is 40.7 Å². The van der Waals surface area contributed by atoms with E-state index in [0.29, 0.717) is 11.2 Å². The van der Waals surface area contributed by atoms with Gasteiger partial charge in [0.15, 0.2) is 10.9 Å². The van der Waals surface area contributed by atoms with Gasteiger partial charge in [0.2, 0.25) is 0 Å². The Morgan fingerprint density at radius 3 is 2.83 bits per heavy atom. The minimum Gasteiger partial charge on any atom is -0.360 e.